The molecule has 2 rings (SSSR count). The SMILES string of the molecule is COCCC(NS(=O)(=O)CC12CCC(CC1)C2(C)C)C(=O)O. The Labute approximate surface area is 132 Å². The number of carbonyl (C=O) groups is 1. The Balaban J connectivity index is 2.09. The molecule has 0 spiro atoms. The van der Waals surface area contributed by atoms with E-state index in [0.29, 0.717) is 5.92 Å². The van der Waals surface area contributed by atoms with Crippen LogP contribution in [0.2, 0.25) is 0 Å². The highest BCUT2D eigenvalue weighted by Crippen LogP contribution is 2.66. The van der Waals surface area contributed by atoms with Crippen LogP contribution in [0.3, 0.4) is 0 Å². The van der Waals surface area contributed by atoms with Crippen molar-refractivity contribution in [3.63, 3.8) is 0 Å². The van der Waals surface area contributed by atoms with Crippen LogP contribution in [-0.4, -0.2) is 45.0 Å². The Hall–Kier alpha value is -0.660. The second kappa shape index (κ2) is 6.09. The molecule has 0 aliphatic heterocycles. The van der Waals surface area contributed by atoms with Gasteiger partial charge in [0.05, 0.1) is 5.75 Å². The lowest BCUT2D eigenvalue weighted by molar-refractivity contribution is -0.139. The molecule has 2 N–H and O–H groups in total. The molecule has 0 aromatic heterocycles. The molecule has 0 radical (unpaired) electrons. The Bertz CT molecular complexity index is 520. The molecule has 0 saturated heterocycles. The van der Waals surface area contributed by atoms with Gasteiger partial charge in [0, 0.05) is 13.7 Å². The van der Waals surface area contributed by atoms with Crippen molar-refractivity contribution in [2.45, 2.75) is 52.0 Å². The zero-order valence-corrected chi connectivity index (χ0v) is 14.4. The zero-order chi connectivity index (χ0) is 16.6. The lowest BCUT2D eigenvalue weighted by Gasteiger charge is -2.38. The summed E-state index contributed by atoms with van der Waals surface area (Å²) in [6.45, 7) is 4.53. The van der Waals surface area contributed by atoms with Crippen molar-refractivity contribution in [3.05, 3.63) is 0 Å². The molecule has 22 heavy (non-hydrogen) atoms. The van der Waals surface area contributed by atoms with Crippen LogP contribution < -0.4 is 4.72 Å². The number of sulfonamides is 1. The number of carboxylic acid groups (broad SMARTS) is 1. The van der Waals surface area contributed by atoms with Crippen molar-refractivity contribution in [2.75, 3.05) is 19.5 Å². The normalized spacial score (nSPS) is 31.3. The van der Waals surface area contributed by atoms with Crippen LogP contribution in [0.5, 0.6) is 0 Å². The minimum absolute atomic E-state index is 0.00694. The van der Waals surface area contributed by atoms with Crippen LogP contribution in [0.4, 0.5) is 0 Å². The third-order valence-corrected chi connectivity index (χ3v) is 7.60. The van der Waals surface area contributed by atoms with E-state index in [-0.39, 0.29) is 29.6 Å². The van der Waals surface area contributed by atoms with Crippen LogP contribution in [0.15, 0.2) is 0 Å². The highest BCUT2D eigenvalue weighted by Gasteiger charge is 2.60. The van der Waals surface area contributed by atoms with Gasteiger partial charge in [0.25, 0.3) is 0 Å². The average Bonchev–Trinajstić information content (AvgIpc) is 2.78. The standard InChI is InChI=1S/C15H27NO5S/c1-14(2)11-4-7-15(14,8-5-11)10-22(19,20)16-12(13(17)18)6-9-21-3/h11-12,16H,4-10H2,1-3H3,(H,17,18). The van der Waals surface area contributed by atoms with Crippen molar-refractivity contribution < 1.29 is 23.1 Å². The van der Waals surface area contributed by atoms with Crippen LogP contribution in [-0.2, 0) is 19.6 Å². The Morgan fingerprint density at radius 1 is 1.36 bits per heavy atom. The lowest BCUT2D eigenvalue weighted by Crippen LogP contribution is -2.47. The second-order valence-electron chi connectivity index (χ2n) is 7.33. The molecule has 0 amide bonds. The van der Waals surface area contributed by atoms with E-state index in [4.69, 9.17) is 4.74 Å². The van der Waals surface area contributed by atoms with Gasteiger partial charge in [0.1, 0.15) is 6.04 Å². The largest absolute Gasteiger partial charge is 0.480 e. The molecular formula is C15H27NO5S. The fraction of sp³-hybridized carbons (Fsp3) is 0.933. The molecule has 2 aliphatic rings. The summed E-state index contributed by atoms with van der Waals surface area (Å²) in [5, 5.41) is 9.17. The van der Waals surface area contributed by atoms with Gasteiger partial charge >= 0.3 is 5.97 Å². The number of carboxylic acids is 1. The molecule has 1 unspecified atom stereocenters. The summed E-state index contributed by atoms with van der Waals surface area (Å²) < 4.78 is 32.3. The van der Waals surface area contributed by atoms with Gasteiger partial charge in [0.2, 0.25) is 10.0 Å². The number of nitrogens with one attached hydrogen (secondary N) is 1. The van der Waals surface area contributed by atoms with Crippen LogP contribution in [0.25, 0.3) is 0 Å². The minimum Gasteiger partial charge on any atom is -0.480 e. The quantitative estimate of drug-likeness (QED) is 0.704. The molecule has 2 fully saturated rings. The number of rotatable bonds is 8. The molecule has 0 aromatic rings. The van der Waals surface area contributed by atoms with Crippen LogP contribution >= 0.6 is 0 Å². The Morgan fingerprint density at radius 3 is 2.36 bits per heavy atom. The van der Waals surface area contributed by atoms with Gasteiger partial charge in [-0.2, -0.15) is 0 Å². The van der Waals surface area contributed by atoms with E-state index in [9.17, 15) is 18.3 Å². The molecule has 0 aromatic carbocycles. The highest BCUT2D eigenvalue weighted by atomic mass is 32.2. The van der Waals surface area contributed by atoms with Gasteiger partial charge < -0.3 is 9.84 Å². The maximum atomic E-state index is 12.5. The zero-order valence-electron chi connectivity index (χ0n) is 13.6. The molecule has 0 heterocycles. The van der Waals surface area contributed by atoms with E-state index < -0.39 is 22.0 Å². The second-order valence-corrected chi connectivity index (χ2v) is 9.08. The minimum atomic E-state index is -3.64. The van der Waals surface area contributed by atoms with E-state index in [1.807, 2.05) is 0 Å². The average molecular weight is 333 g/mol. The summed E-state index contributed by atoms with van der Waals surface area (Å²) in [6, 6.07) is -1.12. The summed E-state index contributed by atoms with van der Waals surface area (Å²) in [5.74, 6) is -0.542. The monoisotopic (exact) mass is 333 g/mol. The van der Waals surface area contributed by atoms with Crippen molar-refractivity contribution in [1.29, 1.82) is 0 Å². The van der Waals surface area contributed by atoms with Crippen molar-refractivity contribution in [2.24, 2.45) is 16.7 Å². The fourth-order valence-electron chi connectivity index (χ4n) is 4.39. The molecule has 2 aliphatic carbocycles. The van der Waals surface area contributed by atoms with Crippen molar-refractivity contribution in [3.8, 4) is 0 Å². The van der Waals surface area contributed by atoms with Gasteiger partial charge in [-0.3, -0.25) is 4.79 Å². The van der Waals surface area contributed by atoms with Gasteiger partial charge in [0.15, 0.2) is 0 Å². The molecule has 128 valence electrons. The topological polar surface area (TPSA) is 92.7 Å². The first-order valence-electron chi connectivity index (χ1n) is 7.85. The summed E-state index contributed by atoms with van der Waals surface area (Å²) in [4.78, 5) is 11.2. The number of ether oxygens (including phenoxy) is 1. The van der Waals surface area contributed by atoms with E-state index in [0.717, 1.165) is 25.7 Å². The maximum absolute atomic E-state index is 12.5. The molecule has 2 bridgehead atoms. The van der Waals surface area contributed by atoms with E-state index in [2.05, 4.69) is 18.6 Å². The van der Waals surface area contributed by atoms with Gasteiger partial charge in [-0.15, -0.1) is 0 Å². The van der Waals surface area contributed by atoms with E-state index in [1.165, 1.54) is 7.11 Å². The lowest BCUT2D eigenvalue weighted by atomic mass is 9.71. The molecular weight excluding hydrogens is 306 g/mol. The Morgan fingerprint density at radius 2 is 1.95 bits per heavy atom. The van der Waals surface area contributed by atoms with Gasteiger partial charge in [-0.25, -0.2) is 13.1 Å². The molecule has 6 nitrogen and oxygen atoms in total. The molecule has 7 heteroatoms. The van der Waals surface area contributed by atoms with Crippen molar-refractivity contribution >= 4 is 16.0 Å². The molecule has 1 atom stereocenters. The van der Waals surface area contributed by atoms with Gasteiger partial charge in [-0.05, 0) is 48.9 Å². The smallest absolute Gasteiger partial charge is 0.321 e. The van der Waals surface area contributed by atoms with E-state index in [1.54, 1.807) is 0 Å². The van der Waals surface area contributed by atoms with E-state index >= 15 is 0 Å². The first-order valence-corrected chi connectivity index (χ1v) is 9.50. The summed E-state index contributed by atoms with van der Waals surface area (Å²) in [5.41, 5.74) is -0.208. The molecule has 2 saturated carbocycles. The summed E-state index contributed by atoms with van der Waals surface area (Å²) >= 11 is 0. The predicted octanol–water partition coefficient (Wildman–Crippen LogP) is 1.61. The third kappa shape index (κ3) is 3.16. The number of methoxy groups -OCH3 is 1. The number of hydrogen-bond donors (Lipinski definition) is 2. The predicted molar refractivity (Wildman–Crippen MR) is 83.0 cm³/mol. The first kappa shape index (κ1) is 17.7. The van der Waals surface area contributed by atoms with Crippen LogP contribution in [0, 0.1) is 16.7 Å². The van der Waals surface area contributed by atoms with Crippen molar-refractivity contribution in [1.82, 2.24) is 4.72 Å². The van der Waals surface area contributed by atoms with Gasteiger partial charge in [-0.1, -0.05) is 13.8 Å². The summed E-state index contributed by atoms with van der Waals surface area (Å²) in [7, 11) is -2.18. The first-order chi connectivity index (χ1) is 10.1. The fourth-order valence-corrected chi connectivity index (χ4v) is 6.51. The maximum Gasteiger partial charge on any atom is 0.321 e. The Kier molecular flexibility index (Phi) is 4.90. The number of aliphatic carboxylic acids is 1. The highest BCUT2D eigenvalue weighted by molar-refractivity contribution is 7.89. The third-order valence-electron chi connectivity index (χ3n) is 6.03. The number of fused-ring (bicyclic) bond motifs is 2. The van der Waals surface area contributed by atoms with Crippen LogP contribution in [0.1, 0.15) is 46.0 Å². The number of hydrogen-bond acceptors (Lipinski definition) is 4. The summed E-state index contributed by atoms with van der Waals surface area (Å²) in [6.07, 6.45) is 4.12.